The lowest BCUT2D eigenvalue weighted by atomic mass is 9.75. The molecule has 1 aliphatic rings. The van der Waals surface area contributed by atoms with Crippen molar-refractivity contribution < 1.29 is 28.3 Å². The highest BCUT2D eigenvalue weighted by atomic mass is 32.2. The van der Waals surface area contributed by atoms with E-state index in [-0.39, 0.29) is 17.4 Å². The van der Waals surface area contributed by atoms with E-state index in [0.717, 1.165) is 14.8 Å². The number of carbonyl (C=O) groups excluding carboxylic acids is 4. The van der Waals surface area contributed by atoms with Gasteiger partial charge in [-0.3, -0.25) is 23.7 Å². The number of hydrogen-bond acceptors (Lipinski definition) is 9. The molecule has 1 aliphatic heterocycles. The van der Waals surface area contributed by atoms with Crippen LogP contribution >= 0.6 is 23.1 Å². The van der Waals surface area contributed by atoms with E-state index in [2.05, 4.69) is 45.4 Å². The molecule has 0 N–H and O–H groups in total. The standard InChI is InChI=1S/C25H35N3O6S2Si/c1-10-11-33-24(32)22(31)28-18(17(21(28)30)15(3)34-37(8,9)25(4,5)6)14(2)19(29)16-12-27-13-26-20(35-7)23(27)36-16/h10,12-15,17-18H,1,11H2,2-9H3/t14-,15-,17-,18-/m1/s1. The van der Waals surface area contributed by atoms with Crippen LogP contribution in [0, 0.1) is 11.8 Å². The smallest absolute Gasteiger partial charge is 0.397 e. The summed E-state index contributed by atoms with van der Waals surface area (Å²) < 4.78 is 13.2. The molecular formula is C25H35N3O6S2Si. The first-order valence-electron chi connectivity index (χ1n) is 12.0. The molecule has 202 valence electrons. The van der Waals surface area contributed by atoms with E-state index in [1.165, 1.54) is 29.2 Å². The molecular weight excluding hydrogens is 531 g/mol. The minimum absolute atomic E-state index is 0.100. The Kier molecular flexibility index (Phi) is 8.57. The molecule has 4 atom stereocenters. The first kappa shape index (κ1) is 29.3. The van der Waals surface area contributed by atoms with Gasteiger partial charge in [0.25, 0.3) is 0 Å². The van der Waals surface area contributed by atoms with E-state index in [1.807, 2.05) is 6.26 Å². The maximum Gasteiger partial charge on any atom is 0.397 e. The number of thiazole rings is 1. The zero-order valence-electron chi connectivity index (χ0n) is 22.6. The van der Waals surface area contributed by atoms with Gasteiger partial charge in [-0.05, 0) is 31.3 Å². The second-order valence-corrected chi connectivity index (χ2v) is 17.3. The molecule has 0 saturated carbocycles. The maximum absolute atomic E-state index is 13.6. The number of rotatable bonds is 9. The Bertz CT molecular complexity index is 1230. The zero-order chi connectivity index (χ0) is 27.9. The number of amides is 2. The van der Waals surface area contributed by atoms with Crippen molar-refractivity contribution in [2.45, 2.75) is 69.9 Å². The zero-order valence-corrected chi connectivity index (χ0v) is 25.2. The summed E-state index contributed by atoms with van der Waals surface area (Å²) in [6, 6.07) is -0.844. The third-order valence-electron chi connectivity index (χ3n) is 7.25. The molecule has 9 nitrogen and oxygen atoms in total. The fraction of sp³-hybridized carbons (Fsp3) is 0.560. The number of thioether (sulfide) groups is 1. The molecule has 3 rings (SSSR count). The van der Waals surface area contributed by atoms with E-state index in [1.54, 1.807) is 30.8 Å². The highest BCUT2D eigenvalue weighted by Crippen LogP contribution is 2.43. The summed E-state index contributed by atoms with van der Waals surface area (Å²) in [5.74, 6) is -4.52. The molecule has 0 spiro atoms. The van der Waals surface area contributed by atoms with Crippen molar-refractivity contribution in [2.75, 3.05) is 12.9 Å². The van der Waals surface area contributed by atoms with Crippen molar-refractivity contribution in [3.63, 3.8) is 0 Å². The van der Waals surface area contributed by atoms with Gasteiger partial charge >= 0.3 is 11.9 Å². The van der Waals surface area contributed by atoms with Crippen molar-refractivity contribution in [2.24, 2.45) is 11.8 Å². The number of ketones is 1. The fourth-order valence-corrected chi connectivity index (χ4v) is 7.44. The number of nitrogens with zero attached hydrogens (tertiary/aromatic N) is 3. The summed E-state index contributed by atoms with van der Waals surface area (Å²) in [4.78, 5) is 58.8. The largest absolute Gasteiger partial charge is 0.454 e. The van der Waals surface area contributed by atoms with Gasteiger partial charge in [-0.15, -0.1) is 23.1 Å². The molecule has 0 radical (unpaired) electrons. The second-order valence-electron chi connectivity index (χ2n) is 10.7. The van der Waals surface area contributed by atoms with E-state index >= 15 is 0 Å². The Morgan fingerprint density at radius 1 is 1.30 bits per heavy atom. The lowest BCUT2D eigenvalue weighted by Gasteiger charge is -2.51. The summed E-state index contributed by atoms with van der Waals surface area (Å²) in [6.07, 6.45) is 6.06. The number of fused-ring (bicyclic) bond motifs is 1. The molecule has 0 bridgehead atoms. The van der Waals surface area contributed by atoms with Gasteiger partial charge in [0.2, 0.25) is 5.91 Å². The Morgan fingerprint density at radius 2 is 1.95 bits per heavy atom. The minimum Gasteiger partial charge on any atom is -0.454 e. The molecule has 1 fully saturated rings. The number of ether oxygens (including phenoxy) is 1. The SMILES string of the molecule is C=CCOC(=O)C(=O)N1C(=O)[C@H]([C@@H](C)O[Si](C)(C)C(C)(C)C)[C@H]1[C@@H](C)C(=O)c1cn2cnc(SC)c2s1. The molecule has 37 heavy (non-hydrogen) atoms. The van der Waals surface area contributed by atoms with Gasteiger partial charge in [0.05, 0.1) is 22.9 Å². The van der Waals surface area contributed by atoms with E-state index in [9.17, 15) is 19.2 Å². The summed E-state index contributed by atoms with van der Waals surface area (Å²) in [7, 11) is -2.26. The average Bonchev–Trinajstić information content (AvgIpc) is 3.39. The van der Waals surface area contributed by atoms with Crippen LogP contribution in [0.4, 0.5) is 0 Å². The van der Waals surface area contributed by atoms with Crippen molar-refractivity contribution >= 4 is 59.8 Å². The first-order chi connectivity index (χ1) is 17.2. The van der Waals surface area contributed by atoms with Gasteiger partial charge in [0, 0.05) is 12.1 Å². The van der Waals surface area contributed by atoms with Crippen molar-refractivity contribution in [3.05, 3.63) is 30.1 Å². The molecule has 2 aromatic heterocycles. The van der Waals surface area contributed by atoms with Gasteiger partial charge < -0.3 is 9.16 Å². The van der Waals surface area contributed by atoms with Crippen LogP contribution in [0.15, 0.2) is 30.2 Å². The first-order valence-corrected chi connectivity index (χ1v) is 17.0. The highest BCUT2D eigenvalue weighted by molar-refractivity contribution is 7.98. The van der Waals surface area contributed by atoms with Gasteiger partial charge in [-0.1, -0.05) is 40.3 Å². The lowest BCUT2D eigenvalue weighted by molar-refractivity contribution is -0.181. The number of β-lactam (4-membered cyclic amide) rings is 1. The van der Waals surface area contributed by atoms with E-state index in [0.29, 0.717) is 4.88 Å². The molecule has 1 saturated heterocycles. The summed E-state index contributed by atoms with van der Waals surface area (Å²) in [5.41, 5.74) is 0. The minimum atomic E-state index is -2.26. The topological polar surface area (TPSA) is 107 Å². The quantitative estimate of drug-likeness (QED) is 0.0836. The number of aromatic nitrogens is 2. The van der Waals surface area contributed by atoms with Crippen LogP contribution in [0.5, 0.6) is 0 Å². The normalized spacial score (nSPS) is 19.9. The summed E-state index contributed by atoms with van der Waals surface area (Å²) in [6.45, 7) is 17.3. The van der Waals surface area contributed by atoms with Gasteiger partial charge in [0.1, 0.15) is 22.8 Å². The molecule has 2 aromatic rings. The van der Waals surface area contributed by atoms with E-state index in [4.69, 9.17) is 9.16 Å². The average molecular weight is 566 g/mol. The third-order valence-corrected chi connectivity index (χ3v) is 13.8. The predicted molar refractivity (Wildman–Crippen MR) is 146 cm³/mol. The maximum atomic E-state index is 13.6. The number of esters is 1. The number of likely N-dealkylation sites (tertiary alicyclic amines) is 1. The molecule has 0 unspecified atom stereocenters. The Hall–Kier alpha value is -2.28. The predicted octanol–water partition coefficient (Wildman–Crippen LogP) is 4.43. The Balaban J connectivity index is 1.94. The molecule has 2 amide bonds. The van der Waals surface area contributed by atoms with Crippen molar-refractivity contribution in [3.8, 4) is 0 Å². The number of Topliss-reactive ketones (excluding diaryl/α,β-unsaturated/α-hetero) is 1. The summed E-state index contributed by atoms with van der Waals surface area (Å²) in [5, 5.41) is 0.711. The second kappa shape index (κ2) is 10.8. The van der Waals surface area contributed by atoms with Crippen molar-refractivity contribution in [1.29, 1.82) is 0 Å². The molecule has 12 heteroatoms. The van der Waals surface area contributed by atoms with Crippen LogP contribution < -0.4 is 0 Å². The monoisotopic (exact) mass is 565 g/mol. The lowest BCUT2D eigenvalue weighted by Crippen LogP contribution is -2.71. The van der Waals surface area contributed by atoms with Crippen LogP contribution in [-0.4, -0.2) is 71.2 Å². The van der Waals surface area contributed by atoms with Crippen LogP contribution in [0.2, 0.25) is 18.1 Å². The number of imidazole rings is 1. The number of hydrogen-bond donors (Lipinski definition) is 0. The van der Waals surface area contributed by atoms with E-state index < -0.39 is 50.1 Å². The van der Waals surface area contributed by atoms with Gasteiger partial charge in [0.15, 0.2) is 14.1 Å². The van der Waals surface area contributed by atoms with Crippen molar-refractivity contribution in [1.82, 2.24) is 14.3 Å². The fourth-order valence-electron chi connectivity index (χ4n) is 4.20. The van der Waals surface area contributed by atoms with Crippen LogP contribution in [0.1, 0.15) is 44.3 Å². The Morgan fingerprint density at radius 3 is 2.51 bits per heavy atom. The van der Waals surface area contributed by atoms with Crippen LogP contribution in [0.3, 0.4) is 0 Å². The number of carbonyl (C=O) groups is 4. The third kappa shape index (κ3) is 5.47. The molecule has 3 heterocycles. The van der Waals surface area contributed by atoms with Gasteiger partial charge in [-0.2, -0.15) is 0 Å². The number of imide groups is 1. The summed E-state index contributed by atoms with van der Waals surface area (Å²) >= 11 is 2.79. The Labute approximate surface area is 226 Å². The molecule has 0 aromatic carbocycles. The van der Waals surface area contributed by atoms with Crippen LogP contribution in [-0.2, 0) is 23.5 Å². The van der Waals surface area contributed by atoms with Crippen LogP contribution in [0.25, 0.3) is 4.83 Å². The van der Waals surface area contributed by atoms with Gasteiger partial charge in [-0.25, -0.2) is 9.78 Å². The molecule has 0 aliphatic carbocycles. The highest BCUT2D eigenvalue weighted by Gasteiger charge is 2.59.